The summed E-state index contributed by atoms with van der Waals surface area (Å²) in [6.45, 7) is 9.60. The van der Waals surface area contributed by atoms with Crippen LogP contribution >= 0.6 is 0 Å². The van der Waals surface area contributed by atoms with Gasteiger partial charge in [-0.25, -0.2) is 0 Å². The van der Waals surface area contributed by atoms with Crippen molar-refractivity contribution in [2.45, 2.75) is 77.8 Å². The minimum absolute atomic E-state index is 0.176. The van der Waals surface area contributed by atoms with Gasteiger partial charge in [-0.2, -0.15) is 5.26 Å². The fourth-order valence-corrected chi connectivity index (χ4v) is 3.26. The molecule has 1 rings (SSSR count). The first-order valence-electron chi connectivity index (χ1n) is 8.96. The summed E-state index contributed by atoms with van der Waals surface area (Å²) in [6.07, 6.45) is 3.94. The van der Waals surface area contributed by atoms with Gasteiger partial charge in [-0.3, -0.25) is 9.59 Å². The van der Waals surface area contributed by atoms with Crippen LogP contribution in [0.4, 0.5) is 0 Å². The zero-order chi connectivity index (χ0) is 18.4. The maximum absolute atomic E-state index is 12.3. The van der Waals surface area contributed by atoms with E-state index in [0.29, 0.717) is 25.3 Å². The minimum atomic E-state index is -0.793. The SMILES string of the molecule is CCCN1CCC(C#N)(NC(=O)CCC(C)(C)C(N)=O)CC1CC. The molecule has 2 atom stereocenters. The first-order chi connectivity index (χ1) is 11.2. The average molecular weight is 336 g/mol. The predicted molar refractivity (Wildman–Crippen MR) is 93.9 cm³/mol. The molecule has 0 saturated carbocycles. The van der Waals surface area contributed by atoms with Crippen molar-refractivity contribution in [3.63, 3.8) is 0 Å². The Hall–Kier alpha value is -1.61. The molecule has 1 aliphatic rings. The molecule has 0 radical (unpaired) electrons. The average Bonchev–Trinajstić information content (AvgIpc) is 2.54. The third kappa shape index (κ3) is 5.20. The van der Waals surface area contributed by atoms with Crippen molar-refractivity contribution in [3.05, 3.63) is 0 Å². The smallest absolute Gasteiger partial charge is 0.223 e. The second-order valence-corrected chi connectivity index (χ2v) is 7.54. The van der Waals surface area contributed by atoms with Gasteiger partial charge in [0.05, 0.1) is 6.07 Å². The molecule has 3 N–H and O–H groups in total. The molecule has 0 aromatic carbocycles. The minimum Gasteiger partial charge on any atom is -0.369 e. The highest BCUT2D eigenvalue weighted by Crippen LogP contribution is 2.29. The van der Waals surface area contributed by atoms with E-state index < -0.39 is 16.9 Å². The van der Waals surface area contributed by atoms with Gasteiger partial charge < -0.3 is 16.0 Å². The molecule has 1 fully saturated rings. The van der Waals surface area contributed by atoms with Gasteiger partial charge in [0.2, 0.25) is 11.8 Å². The highest BCUT2D eigenvalue weighted by Gasteiger charge is 2.40. The summed E-state index contributed by atoms with van der Waals surface area (Å²) in [6, 6.07) is 2.67. The number of piperidine rings is 1. The number of nitriles is 1. The predicted octanol–water partition coefficient (Wildman–Crippen LogP) is 1.94. The summed E-state index contributed by atoms with van der Waals surface area (Å²) in [4.78, 5) is 26.1. The van der Waals surface area contributed by atoms with Crippen LogP contribution in [0, 0.1) is 16.7 Å². The van der Waals surface area contributed by atoms with Crippen molar-refractivity contribution in [1.29, 1.82) is 5.26 Å². The number of carbonyl (C=O) groups excluding carboxylic acids is 2. The summed E-state index contributed by atoms with van der Waals surface area (Å²) in [5.41, 5.74) is 3.84. The molecule has 136 valence electrons. The lowest BCUT2D eigenvalue weighted by Crippen LogP contribution is -2.58. The van der Waals surface area contributed by atoms with E-state index in [2.05, 4.69) is 30.1 Å². The van der Waals surface area contributed by atoms with Crippen molar-refractivity contribution in [2.75, 3.05) is 13.1 Å². The van der Waals surface area contributed by atoms with Crippen molar-refractivity contribution in [3.8, 4) is 6.07 Å². The Morgan fingerprint density at radius 2 is 2.08 bits per heavy atom. The van der Waals surface area contributed by atoms with Gasteiger partial charge in [0.25, 0.3) is 0 Å². The second kappa shape index (κ2) is 8.48. The third-order valence-corrected chi connectivity index (χ3v) is 5.15. The van der Waals surface area contributed by atoms with Crippen LogP contribution in [0.5, 0.6) is 0 Å². The lowest BCUT2D eigenvalue weighted by Gasteiger charge is -2.43. The molecular formula is C18H32N4O2. The maximum Gasteiger partial charge on any atom is 0.223 e. The largest absolute Gasteiger partial charge is 0.369 e. The van der Waals surface area contributed by atoms with Crippen LogP contribution in [-0.2, 0) is 9.59 Å². The fraction of sp³-hybridized carbons (Fsp3) is 0.833. The number of amides is 2. The van der Waals surface area contributed by atoms with Crippen LogP contribution in [-0.4, -0.2) is 41.4 Å². The summed E-state index contributed by atoms with van der Waals surface area (Å²) < 4.78 is 0. The molecule has 0 aromatic rings. The molecule has 1 saturated heterocycles. The van der Waals surface area contributed by atoms with Crippen LogP contribution in [0.3, 0.4) is 0 Å². The molecule has 6 heteroatoms. The van der Waals surface area contributed by atoms with E-state index in [0.717, 1.165) is 25.9 Å². The molecule has 6 nitrogen and oxygen atoms in total. The van der Waals surface area contributed by atoms with Gasteiger partial charge in [-0.15, -0.1) is 0 Å². The molecule has 0 aromatic heterocycles. The molecule has 0 bridgehead atoms. The number of hydrogen-bond acceptors (Lipinski definition) is 4. The van der Waals surface area contributed by atoms with Crippen molar-refractivity contribution < 1.29 is 9.59 Å². The maximum atomic E-state index is 12.3. The topological polar surface area (TPSA) is 99.2 Å². The highest BCUT2D eigenvalue weighted by atomic mass is 16.2. The van der Waals surface area contributed by atoms with E-state index in [4.69, 9.17) is 5.73 Å². The van der Waals surface area contributed by atoms with Crippen molar-refractivity contribution in [2.24, 2.45) is 11.1 Å². The molecule has 2 amide bonds. The zero-order valence-corrected chi connectivity index (χ0v) is 15.5. The summed E-state index contributed by atoms with van der Waals surface area (Å²) >= 11 is 0. The number of likely N-dealkylation sites (tertiary alicyclic amines) is 1. The molecule has 0 aliphatic carbocycles. The standard InChI is InChI=1S/C18H32N4O2/c1-5-10-22-11-9-18(13-19,12-14(22)6-2)21-15(23)7-8-17(3,4)16(20)24/h14H,5-12H2,1-4H3,(H2,20,24)(H,21,23). The highest BCUT2D eigenvalue weighted by molar-refractivity contribution is 5.82. The van der Waals surface area contributed by atoms with E-state index in [1.165, 1.54) is 0 Å². The number of nitrogens with zero attached hydrogens (tertiary/aromatic N) is 2. The van der Waals surface area contributed by atoms with Gasteiger partial charge in [0.1, 0.15) is 5.54 Å². The summed E-state index contributed by atoms with van der Waals surface area (Å²) in [5, 5.41) is 12.6. The molecule has 24 heavy (non-hydrogen) atoms. The van der Waals surface area contributed by atoms with Gasteiger partial charge in [-0.05, 0) is 38.6 Å². The van der Waals surface area contributed by atoms with Gasteiger partial charge in [0, 0.05) is 24.4 Å². The monoisotopic (exact) mass is 336 g/mol. The summed E-state index contributed by atoms with van der Waals surface area (Å²) in [5.74, 6) is -0.589. The number of rotatable bonds is 8. The van der Waals surface area contributed by atoms with Crippen LogP contribution in [0.25, 0.3) is 0 Å². The van der Waals surface area contributed by atoms with Crippen LogP contribution in [0.1, 0.15) is 66.2 Å². The van der Waals surface area contributed by atoms with Crippen molar-refractivity contribution in [1.82, 2.24) is 10.2 Å². The van der Waals surface area contributed by atoms with Crippen LogP contribution < -0.4 is 11.1 Å². The Kier molecular flexibility index (Phi) is 7.22. The normalized spacial score (nSPS) is 25.0. The molecule has 2 unspecified atom stereocenters. The van der Waals surface area contributed by atoms with Gasteiger partial charge in [0.15, 0.2) is 0 Å². The number of hydrogen-bond donors (Lipinski definition) is 2. The second-order valence-electron chi connectivity index (χ2n) is 7.54. The number of nitrogens with two attached hydrogens (primary N) is 1. The molecule has 1 heterocycles. The zero-order valence-electron chi connectivity index (χ0n) is 15.5. The molecule has 0 spiro atoms. The Labute approximate surface area is 145 Å². The third-order valence-electron chi connectivity index (χ3n) is 5.15. The van der Waals surface area contributed by atoms with E-state index in [9.17, 15) is 14.9 Å². The van der Waals surface area contributed by atoms with E-state index in [1.54, 1.807) is 13.8 Å². The lowest BCUT2D eigenvalue weighted by molar-refractivity contribution is -0.127. The molecule has 1 aliphatic heterocycles. The molecular weight excluding hydrogens is 304 g/mol. The van der Waals surface area contributed by atoms with Crippen LogP contribution in [0.2, 0.25) is 0 Å². The van der Waals surface area contributed by atoms with E-state index >= 15 is 0 Å². The first kappa shape index (κ1) is 20.4. The quantitative estimate of drug-likeness (QED) is 0.707. The Morgan fingerprint density at radius 3 is 2.58 bits per heavy atom. The number of primary amides is 1. The van der Waals surface area contributed by atoms with Crippen LogP contribution in [0.15, 0.2) is 0 Å². The Morgan fingerprint density at radius 1 is 1.42 bits per heavy atom. The van der Waals surface area contributed by atoms with Gasteiger partial charge >= 0.3 is 0 Å². The summed E-state index contributed by atoms with van der Waals surface area (Å²) in [7, 11) is 0. The first-order valence-corrected chi connectivity index (χ1v) is 8.96. The van der Waals surface area contributed by atoms with Crippen molar-refractivity contribution >= 4 is 11.8 Å². The number of nitrogens with one attached hydrogen (secondary N) is 1. The Balaban J connectivity index is 2.68. The van der Waals surface area contributed by atoms with E-state index in [-0.39, 0.29) is 12.3 Å². The van der Waals surface area contributed by atoms with E-state index in [1.807, 2.05) is 0 Å². The van der Waals surface area contributed by atoms with Gasteiger partial charge in [-0.1, -0.05) is 27.7 Å². The number of carbonyl (C=O) groups is 2. The lowest BCUT2D eigenvalue weighted by atomic mass is 9.82. The fourth-order valence-electron chi connectivity index (χ4n) is 3.26. The Bertz CT molecular complexity index is 498.